The summed E-state index contributed by atoms with van der Waals surface area (Å²) in [4.78, 5) is 96.5. The molecule has 3 aliphatic rings. The number of nitrogens with one attached hydrogen (secondary N) is 6. The van der Waals surface area contributed by atoms with Crippen LogP contribution in [0.3, 0.4) is 0 Å². The Morgan fingerprint density at radius 1 is 0.565 bits per heavy atom. The third-order valence-corrected chi connectivity index (χ3v) is 26.1. The van der Waals surface area contributed by atoms with Crippen LogP contribution in [0.4, 0.5) is 0 Å². The first-order valence-electron chi connectivity index (χ1n) is 38.1. The van der Waals surface area contributed by atoms with Gasteiger partial charge in [-0.05, 0) is 242 Å². The van der Waals surface area contributed by atoms with E-state index in [1.54, 1.807) is 54.0 Å². The number of hydrogen-bond acceptors (Lipinski definition) is 17. The average Bonchev–Trinajstić information content (AvgIpc) is 1.66. The summed E-state index contributed by atoms with van der Waals surface area (Å²) < 4.78 is 63.0. The lowest BCUT2D eigenvalue weighted by Crippen LogP contribution is -2.48. The number of methoxy groups -OCH3 is 2. The van der Waals surface area contributed by atoms with Gasteiger partial charge in [-0.25, -0.2) is 12.9 Å². The van der Waals surface area contributed by atoms with Crippen molar-refractivity contribution in [2.24, 2.45) is 41.2 Å². The van der Waals surface area contributed by atoms with Crippen molar-refractivity contribution < 1.29 is 69.7 Å². The van der Waals surface area contributed by atoms with E-state index in [4.69, 9.17) is 34.6 Å². The van der Waals surface area contributed by atoms with Crippen molar-refractivity contribution in [1.29, 1.82) is 5.26 Å². The highest BCUT2D eigenvalue weighted by molar-refractivity contribution is 7.80. The summed E-state index contributed by atoms with van der Waals surface area (Å²) in [5.74, 6) is 49.7. The Labute approximate surface area is 679 Å². The zero-order valence-corrected chi connectivity index (χ0v) is 71.1. The van der Waals surface area contributed by atoms with Crippen LogP contribution in [0.1, 0.15) is 182 Å². The predicted octanol–water partition coefficient (Wildman–Crippen LogP) is 12.5. The van der Waals surface area contributed by atoms with Crippen LogP contribution in [0.15, 0.2) is 48.5 Å². The summed E-state index contributed by atoms with van der Waals surface area (Å²) in [5.41, 5.74) is 7.88. The number of carbonyl (C=O) groups is 7. The second kappa shape index (κ2) is 52.4. The number of nitrogens with two attached hydrogens (primary N) is 1. The number of carbonyl (C=O) groups excluding carboxylic acids is 7. The second-order valence-corrected chi connectivity index (χ2v) is 34.8. The van der Waals surface area contributed by atoms with E-state index in [1.807, 2.05) is 64.1 Å². The Kier molecular flexibility index (Phi) is 44.7. The van der Waals surface area contributed by atoms with Crippen molar-refractivity contribution in [1.82, 2.24) is 36.1 Å². The normalized spacial score (nSPS) is 18.0. The number of ether oxygens (including phenoxy) is 2. The van der Waals surface area contributed by atoms with Crippen molar-refractivity contribution in [2.75, 3.05) is 52.3 Å². The highest BCUT2D eigenvalue weighted by Crippen LogP contribution is 2.82. The van der Waals surface area contributed by atoms with Gasteiger partial charge in [0.05, 0.1) is 50.2 Å². The molecule has 0 aliphatic carbocycles. The molecule has 2 aromatic heterocycles. The number of terminal acetylenes is 1. The van der Waals surface area contributed by atoms with E-state index < -0.39 is 58.5 Å². The number of primary amides is 1. The molecule has 0 saturated carbocycles. The van der Waals surface area contributed by atoms with Gasteiger partial charge in [0.1, 0.15) is 23.6 Å². The van der Waals surface area contributed by atoms with E-state index in [9.17, 15) is 52.5 Å². The molecule has 7 rings (SSSR count). The fourth-order valence-electron chi connectivity index (χ4n) is 12.2. The first kappa shape index (κ1) is 98.2. The number of amides is 5. The van der Waals surface area contributed by atoms with Crippen molar-refractivity contribution in [3.63, 3.8) is 0 Å². The predicted molar refractivity (Wildman–Crippen MR) is 450 cm³/mol. The molecule has 6 atom stereocenters. The van der Waals surface area contributed by atoms with E-state index in [0.29, 0.717) is 93.0 Å². The number of aromatic amines is 2. The molecule has 115 heavy (non-hydrogen) atoms. The molecule has 3 fully saturated rings. The van der Waals surface area contributed by atoms with Crippen LogP contribution < -0.4 is 36.5 Å². The Morgan fingerprint density at radius 3 is 1.21 bits per heavy atom. The summed E-state index contributed by atoms with van der Waals surface area (Å²) in [7, 11) is -7.56. The molecular formula is C88H106N9O15P3. The summed E-state index contributed by atoms with van der Waals surface area (Å²) in [5, 5.41) is 22.0. The SMILES string of the molecule is C#CC#CC#CC#CC#CC#CC#CC#CC#CC#CC#CC.CCCP1(=O)OP(=O)(CCC)OP(=O)(CCC)O1.CCN(C(C)C)C(C)C.COc1cccc2[nH]c(C(=O)C[C@@H](CC(C)C)C(=O)N[C@@H](C[C@@H]3CCNC3=O)C(N)=O)cc12.COc1cccc2[nH]c(C(=O)C[C@@H](CC(C)C)C(=O)N[C@H](C#N)C[C@@H]3CCNC3=O)cc12. The highest BCUT2D eigenvalue weighted by atomic mass is 31.3. The summed E-state index contributed by atoms with van der Waals surface area (Å²) in [6, 6.07) is 16.2. The molecule has 24 nitrogen and oxygen atoms in total. The number of benzene rings is 2. The van der Waals surface area contributed by atoms with Gasteiger partial charge >= 0.3 is 22.8 Å². The van der Waals surface area contributed by atoms with E-state index in [0.717, 1.165) is 28.4 Å². The summed E-state index contributed by atoms with van der Waals surface area (Å²) >= 11 is 0. The largest absolute Gasteiger partial charge is 0.496 e. The van der Waals surface area contributed by atoms with Crippen molar-refractivity contribution in [3.8, 4) is 148 Å². The smallest absolute Gasteiger partial charge is 0.345 e. The maximum absolute atomic E-state index is 13.1. The number of nitrogens with zero attached hydrogens (tertiary/aromatic N) is 2. The maximum atomic E-state index is 13.1. The molecule has 0 bridgehead atoms. The van der Waals surface area contributed by atoms with Gasteiger partial charge in [0.2, 0.25) is 29.5 Å². The molecule has 608 valence electrons. The first-order chi connectivity index (χ1) is 54.8. The number of nitriles is 1. The third-order valence-electron chi connectivity index (χ3n) is 17.2. The van der Waals surface area contributed by atoms with Crippen molar-refractivity contribution in [2.45, 2.75) is 185 Å². The number of Topliss-reactive ketones (excluding diaryl/α,β-unsaturated/α-hetero) is 2. The number of aromatic nitrogens is 2. The van der Waals surface area contributed by atoms with Gasteiger partial charge in [0, 0.05) is 107 Å². The number of ketones is 2. The number of H-pyrrole nitrogens is 2. The lowest BCUT2D eigenvalue weighted by atomic mass is 9.90. The molecule has 3 aliphatic heterocycles. The van der Waals surface area contributed by atoms with Crippen LogP contribution in [0.2, 0.25) is 0 Å². The monoisotopic (exact) mass is 1620 g/mol. The van der Waals surface area contributed by atoms with Crippen LogP contribution in [0.25, 0.3) is 21.8 Å². The zero-order chi connectivity index (χ0) is 85.5. The first-order valence-corrected chi connectivity index (χ1v) is 43.3. The Hall–Kier alpha value is -11.0. The van der Waals surface area contributed by atoms with Crippen LogP contribution in [-0.4, -0.2) is 132 Å². The topological polar surface area (TPSA) is 350 Å². The van der Waals surface area contributed by atoms with Gasteiger partial charge in [-0.3, -0.25) is 52.2 Å². The number of fused-ring (bicyclic) bond motifs is 2. The number of rotatable bonds is 30. The summed E-state index contributed by atoms with van der Waals surface area (Å²) in [6.45, 7) is 28.5. The van der Waals surface area contributed by atoms with Gasteiger partial charge in [-0.2, -0.15) is 5.26 Å². The fourth-order valence-corrected chi connectivity index (χ4v) is 21.5. The number of hydrogen-bond donors (Lipinski definition) is 7. The van der Waals surface area contributed by atoms with Crippen LogP contribution in [0.5, 0.6) is 11.5 Å². The Morgan fingerprint density at radius 2 is 0.922 bits per heavy atom. The van der Waals surface area contributed by atoms with E-state index in [1.165, 1.54) is 0 Å². The molecule has 4 aromatic rings. The lowest BCUT2D eigenvalue weighted by molar-refractivity contribution is -0.131. The quantitative estimate of drug-likeness (QED) is 0.0145. The van der Waals surface area contributed by atoms with Crippen LogP contribution in [-0.2, 0) is 50.6 Å². The minimum absolute atomic E-state index is 0.0193. The molecule has 0 radical (unpaired) electrons. The minimum Gasteiger partial charge on any atom is -0.496 e. The molecule has 2 aromatic carbocycles. The van der Waals surface area contributed by atoms with Crippen molar-refractivity contribution >= 4 is 85.7 Å². The molecule has 0 unspecified atom stereocenters. The standard InChI is InChI=1S/C24H32N4O5.C24H30N4O4.C23H4.C9H21O6P3.C8H19N/c1-13(2)9-15(24(32)28-19(22(25)30)10-14-7-8-26-23(14)31)11-20(29)18-12-16-17(27-18)5-4-6-21(16)33-3;1-14(2)9-16(24(31)27-17(13-25)10-15-7-8-26-23(15)30)11-21(29)20-12-18-19(28-20)5-4-6-22(18)32-3;1-3-5-7-9-11-13-15-17-19-21-23-22-20-18-16-14-12-10-8-6-4-2;1-4-7-16(10)13-17(11,8-5-2)15-18(12,14-16)9-6-3;1-6-9(7(2)3)8(4)5/h4-6,12-15,19,27H,7-11H2,1-3H3,(H2,25,30)(H,26,31)(H,28,32);4-6,12,14-17,28H,7-11H2,1-3H3,(H,26,30)(H,27,31);1H,2H3;4-9H2,1-3H3;7-8H,6H2,1-5H3/t14-,15+,19-;15-,16+,17-;;;/m00.../s1. The fraction of sp³-hybridized carbons (Fsp3) is 0.477. The van der Waals surface area contributed by atoms with Gasteiger partial charge in [-0.15, -0.1) is 6.42 Å². The molecule has 0 spiro atoms. The van der Waals surface area contributed by atoms with Gasteiger partial charge < -0.3 is 46.4 Å². The average molecular weight is 1620 g/mol. The van der Waals surface area contributed by atoms with E-state index in [2.05, 4.69) is 201 Å². The molecule has 27 heteroatoms. The van der Waals surface area contributed by atoms with Gasteiger partial charge in [-0.1, -0.05) is 73.4 Å². The molecule has 5 heterocycles. The van der Waals surface area contributed by atoms with Crippen molar-refractivity contribution in [3.05, 3.63) is 59.9 Å². The van der Waals surface area contributed by atoms with Crippen LogP contribution in [0, 0.1) is 178 Å². The van der Waals surface area contributed by atoms with E-state index in [-0.39, 0.29) is 97.1 Å². The third kappa shape index (κ3) is 35.9. The molecule has 5 amide bonds. The molecule has 8 N–H and O–H groups in total. The zero-order valence-electron chi connectivity index (χ0n) is 68.4. The molecular weight excluding hydrogens is 1520 g/mol. The lowest BCUT2D eigenvalue weighted by Gasteiger charge is -2.33. The molecule has 3 saturated heterocycles. The summed E-state index contributed by atoms with van der Waals surface area (Å²) in [6.07, 6.45) is 9.52. The minimum atomic E-state index is -3.57. The Balaban J connectivity index is 0.000000391. The highest BCUT2D eigenvalue weighted by Gasteiger charge is 2.51. The van der Waals surface area contributed by atoms with Gasteiger partial charge in [0.25, 0.3) is 0 Å². The van der Waals surface area contributed by atoms with Crippen LogP contribution >= 0.6 is 22.8 Å². The second-order valence-electron chi connectivity index (χ2n) is 27.8. The van der Waals surface area contributed by atoms with E-state index >= 15 is 0 Å². The Bertz CT molecular complexity index is 4910. The van der Waals surface area contributed by atoms with Gasteiger partial charge in [0.15, 0.2) is 11.6 Å². The maximum Gasteiger partial charge on any atom is 0.345 e.